The largest absolute Gasteiger partial charge is 0.325 e. The Kier molecular flexibility index (Phi) is 5.92. The molecule has 2 aliphatic heterocycles. The topological polar surface area (TPSA) is 78.8 Å². The van der Waals surface area contributed by atoms with E-state index in [1.807, 2.05) is 41.3 Å². The van der Waals surface area contributed by atoms with Crippen LogP contribution in [0.3, 0.4) is 0 Å². The fraction of sp³-hybridized carbons (Fsp3) is 0.263. The van der Waals surface area contributed by atoms with Gasteiger partial charge >= 0.3 is 0 Å². The number of thioether (sulfide) groups is 1. The number of anilines is 2. The molecule has 29 heavy (non-hydrogen) atoms. The number of aliphatic imine (C=N–C) groups is 1. The maximum atomic E-state index is 12.4. The first kappa shape index (κ1) is 20.7. The minimum atomic E-state index is -3.13. The quantitative estimate of drug-likeness (QED) is 0.671. The Morgan fingerprint density at radius 1 is 1.24 bits per heavy atom. The molecule has 1 fully saturated rings. The van der Waals surface area contributed by atoms with E-state index >= 15 is 0 Å². The van der Waals surface area contributed by atoms with Crippen molar-refractivity contribution in [2.75, 3.05) is 27.5 Å². The number of nitrogens with zero attached hydrogens (tertiary/aromatic N) is 2. The number of hydrogen-bond donors (Lipinski definition) is 1. The van der Waals surface area contributed by atoms with E-state index in [9.17, 15) is 13.2 Å². The van der Waals surface area contributed by atoms with Gasteiger partial charge in [-0.05, 0) is 42.5 Å². The average Bonchev–Trinajstić information content (AvgIpc) is 3.13. The monoisotopic (exact) mass is 513 g/mol. The van der Waals surface area contributed by atoms with Crippen LogP contribution in [0.5, 0.6) is 0 Å². The number of carbonyl (C=O) groups excluding carboxylic acids is 1. The minimum absolute atomic E-state index is 0.0316. The van der Waals surface area contributed by atoms with Gasteiger partial charge in [0, 0.05) is 20.9 Å². The molecule has 0 saturated carbocycles. The van der Waals surface area contributed by atoms with Gasteiger partial charge in [0.25, 0.3) is 0 Å². The zero-order chi connectivity index (χ0) is 20.6. The van der Waals surface area contributed by atoms with Crippen LogP contribution in [0.4, 0.5) is 11.4 Å². The number of rotatable bonds is 4. The predicted molar refractivity (Wildman–Crippen MR) is 123 cm³/mol. The van der Waals surface area contributed by atoms with Crippen molar-refractivity contribution in [2.45, 2.75) is 12.1 Å². The van der Waals surface area contributed by atoms with E-state index in [4.69, 9.17) is 11.6 Å². The van der Waals surface area contributed by atoms with Gasteiger partial charge in [-0.2, -0.15) is 0 Å². The van der Waals surface area contributed by atoms with Crippen molar-refractivity contribution in [2.24, 2.45) is 4.99 Å². The molecule has 2 aliphatic rings. The maximum absolute atomic E-state index is 12.4. The van der Waals surface area contributed by atoms with E-state index in [-0.39, 0.29) is 35.2 Å². The second-order valence-electron chi connectivity index (χ2n) is 6.82. The van der Waals surface area contributed by atoms with Crippen LogP contribution in [-0.2, 0) is 14.6 Å². The average molecular weight is 515 g/mol. The Balaban J connectivity index is 1.50. The maximum Gasteiger partial charge on any atom is 0.234 e. The van der Waals surface area contributed by atoms with Crippen LogP contribution in [0, 0.1) is 0 Å². The van der Waals surface area contributed by atoms with Crippen LogP contribution < -0.4 is 10.2 Å². The molecule has 2 heterocycles. The predicted octanol–water partition coefficient (Wildman–Crippen LogP) is 3.82. The zero-order valence-corrected chi connectivity index (χ0v) is 19.1. The lowest BCUT2D eigenvalue weighted by Crippen LogP contribution is -2.39. The highest BCUT2D eigenvalue weighted by Crippen LogP contribution is 2.35. The number of benzene rings is 2. The molecule has 2 atom stereocenters. The van der Waals surface area contributed by atoms with Gasteiger partial charge in [0.1, 0.15) is 0 Å². The summed E-state index contributed by atoms with van der Waals surface area (Å²) in [5.41, 5.74) is 1.49. The number of halogens is 2. The molecule has 0 aromatic heterocycles. The SMILES string of the molecule is O=C(CSC1=N[C@H]2CS(=O)(=O)C[C@@H]2N1c1cccc(Cl)c1)Nc1ccc(Br)cc1. The van der Waals surface area contributed by atoms with Crippen molar-refractivity contribution in [1.29, 1.82) is 0 Å². The lowest BCUT2D eigenvalue weighted by molar-refractivity contribution is -0.113. The molecule has 1 saturated heterocycles. The third-order valence-electron chi connectivity index (χ3n) is 4.65. The third-order valence-corrected chi connectivity index (χ3v) is 8.08. The summed E-state index contributed by atoms with van der Waals surface area (Å²) in [4.78, 5) is 18.9. The van der Waals surface area contributed by atoms with Gasteiger partial charge in [0.05, 0.1) is 29.3 Å². The number of amides is 1. The van der Waals surface area contributed by atoms with Gasteiger partial charge in [0.15, 0.2) is 15.0 Å². The third kappa shape index (κ3) is 4.79. The Bertz CT molecular complexity index is 1080. The summed E-state index contributed by atoms with van der Waals surface area (Å²) < 4.78 is 25.1. The number of hydrogen-bond acceptors (Lipinski definition) is 6. The molecule has 0 bridgehead atoms. The normalized spacial score (nSPS) is 22.3. The molecule has 2 aromatic carbocycles. The second kappa shape index (κ2) is 8.29. The van der Waals surface area contributed by atoms with Gasteiger partial charge < -0.3 is 10.2 Å². The van der Waals surface area contributed by atoms with Gasteiger partial charge in [-0.3, -0.25) is 9.79 Å². The summed E-state index contributed by atoms with van der Waals surface area (Å²) >= 11 is 10.8. The molecule has 1 amide bonds. The van der Waals surface area contributed by atoms with Gasteiger partial charge in [-0.15, -0.1) is 0 Å². The van der Waals surface area contributed by atoms with Crippen molar-refractivity contribution < 1.29 is 13.2 Å². The van der Waals surface area contributed by atoms with E-state index in [0.717, 1.165) is 10.2 Å². The molecule has 2 aromatic rings. The summed E-state index contributed by atoms with van der Waals surface area (Å²) in [5, 5.41) is 4.05. The van der Waals surface area contributed by atoms with Crippen LogP contribution in [0.2, 0.25) is 5.02 Å². The molecular formula is C19H17BrClN3O3S2. The minimum Gasteiger partial charge on any atom is -0.325 e. The lowest BCUT2D eigenvalue weighted by Gasteiger charge is -2.26. The van der Waals surface area contributed by atoms with E-state index in [1.165, 1.54) is 11.8 Å². The van der Waals surface area contributed by atoms with Crippen molar-refractivity contribution in [3.8, 4) is 0 Å². The number of carbonyl (C=O) groups is 1. The molecular weight excluding hydrogens is 498 g/mol. The molecule has 4 rings (SSSR count). The van der Waals surface area contributed by atoms with Crippen molar-refractivity contribution in [3.63, 3.8) is 0 Å². The van der Waals surface area contributed by atoms with E-state index in [1.54, 1.807) is 12.1 Å². The highest BCUT2D eigenvalue weighted by molar-refractivity contribution is 9.10. The van der Waals surface area contributed by atoms with E-state index in [2.05, 4.69) is 26.2 Å². The number of fused-ring (bicyclic) bond motifs is 1. The van der Waals surface area contributed by atoms with Crippen molar-refractivity contribution >= 4 is 71.6 Å². The Hall–Kier alpha value is -1.55. The molecule has 10 heteroatoms. The molecule has 1 N–H and O–H groups in total. The van der Waals surface area contributed by atoms with Crippen LogP contribution >= 0.6 is 39.3 Å². The molecule has 0 unspecified atom stereocenters. The van der Waals surface area contributed by atoms with Crippen LogP contribution in [-0.4, -0.2) is 48.8 Å². The number of amidine groups is 1. The highest BCUT2D eigenvalue weighted by atomic mass is 79.9. The highest BCUT2D eigenvalue weighted by Gasteiger charge is 2.47. The summed E-state index contributed by atoms with van der Waals surface area (Å²) in [5.74, 6) is 0.0842. The van der Waals surface area contributed by atoms with Gasteiger partial charge in [-0.25, -0.2) is 8.42 Å². The van der Waals surface area contributed by atoms with Crippen LogP contribution in [0.1, 0.15) is 0 Å². The Morgan fingerprint density at radius 3 is 2.72 bits per heavy atom. The Labute approximate surface area is 186 Å². The van der Waals surface area contributed by atoms with Crippen LogP contribution in [0.25, 0.3) is 0 Å². The van der Waals surface area contributed by atoms with Gasteiger partial charge in [0.2, 0.25) is 5.91 Å². The number of nitrogens with one attached hydrogen (secondary N) is 1. The fourth-order valence-corrected chi connectivity index (χ4v) is 6.64. The first-order valence-corrected chi connectivity index (χ1v) is 12.8. The van der Waals surface area contributed by atoms with Crippen molar-refractivity contribution in [3.05, 3.63) is 58.0 Å². The first-order valence-electron chi connectivity index (χ1n) is 8.82. The zero-order valence-electron chi connectivity index (χ0n) is 15.1. The summed E-state index contributed by atoms with van der Waals surface area (Å²) in [6.07, 6.45) is 0. The standard InChI is InChI=1S/C19H17BrClN3O3S2/c20-12-4-6-14(7-5-12)22-18(25)9-28-19-23-16-10-29(26,27)11-17(16)24(19)15-3-1-2-13(21)8-15/h1-8,16-17H,9-11H2,(H,22,25)/t16-,17-/m0/s1. The second-order valence-corrected chi connectivity index (χ2v) is 11.3. The first-order chi connectivity index (χ1) is 13.8. The summed E-state index contributed by atoms with van der Waals surface area (Å²) in [7, 11) is -3.13. The van der Waals surface area contributed by atoms with E-state index in [0.29, 0.717) is 15.9 Å². The molecule has 0 radical (unpaired) electrons. The van der Waals surface area contributed by atoms with E-state index < -0.39 is 9.84 Å². The summed E-state index contributed by atoms with van der Waals surface area (Å²) in [6.45, 7) is 0. The number of sulfone groups is 1. The molecule has 0 aliphatic carbocycles. The summed E-state index contributed by atoms with van der Waals surface area (Å²) in [6, 6.07) is 14.0. The fourth-order valence-electron chi connectivity index (χ4n) is 3.42. The lowest BCUT2D eigenvalue weighted by atomic mass is 10.1. The molecule has 6 nitrogen and oxygen atoms in total. The molecule has 152 valence electrons. The van der Waals surface area contributed by atoms with Crippen molar-refractivity contribution in [1.82, 2.24) is 0 Å². The van der Waals surface area contributed by atoms with Gasteiger partial charge in [-0.1, -0.05) is 45.4 Å². The molecule has 0 spiro atoms. The smallest absolute Gasteiger partial charge is 0.234 e. The van der Waals surface area contributed by atoms with Crippen LogP contribution in [0.15, 0.2) is 58.0 Å². The Morgan fingerprint density at radius 2 is 2.00 bits per heavy atom.